The summed E-state index contributed by atoms with van der Waals surface area (Å²) in [6.45, 7) is 3.08. The molecule has 0 fully saturated rings. The quantitative estimate of drug-likeness (QED) is 0.640. The van der Waals surface area contributed by atoms with Crippen molar-refractivity contribution >= 4 is 22.4 Å². The summed E-state index contributed by atoms with van der Waals surface area (Å²) >= 11 is 1.22. The minimum absolute atomic E-state index is 0.0984. The predicted molar refractivity (Wildman–Crippen MR) is 61.9 cm³/mol. The first-order valence-electron chi connectivity index (χ1n) is 4.86. The largest absolute Gasteiger partial charge is 0.375 e. The molecule has 5 nitrogen and oxygen atoms in total. The van der Waals surface area contributed by atoms with E-state index in [4.69, 9.17) is 11.5 Å². The number of nitrogens with zero attached hydrogens (tertiary/aromatic N) is 1. The van der Waals surface area contributed by atoms with Crippen LogP contribution in [0.5, 0.6) is 0 Å². The van der Waals surface area contributed by atoms with E-state index in [1.54, 1.807) is 6.92 Å². The molecule has 0 aliphatic carbocycles. The minimum atomic E-state index is -0.0984. The Bertz CT molecular complexity index is 337. The number of carbonyl (C=O) groups excluding carboxylic acids is 1. The zero-order chi connectivity index (χ0) is 11.3. The van der Waals surface area contributed by atoms with E-state index in [1.807, 2.05) is 0 Å². The highest BCUT2D eigenvalue weighted by Gasteiger charge is 2.12. The van der Waals surface area contributed by atoms with E-state index >= 15 is 0 Å². The predicted octanol–water partition coefficient (Wildman–Crippen LogP) is 0.502. The molecule has 6 heteroatoms. The van der Waals surface area contributed by atoms with Gasteiger partial charge in [0, 0.05) is 6.54 Å². The summed E-state index contributed by atoms with van der Waals surface area (Å²) in [5, 5.41) is 3.24. The molecule has 1 amide bonds. The third-order valence-corrected chi connectivity index (χ3v) is 2.92. The van der Waals surface area contributed by atoms with E-state index in [2.05, 4.69) is 10.3 Å². The van der Waals surface area contributed by atoms with E-state index in [-0.39, 0.29) is 5.91 Å². The van der Waals surface area contributed by atoms with Gasteiger partial charge in [0.1, 0.15) is 4.88 Å². The molecule has 0 saturated carbocycles. The van der Waals surface area contributed by atoms with E-state index in [1.165, 1.54) is 11.3 Å². The molecule has 0 aromatic carbocycles. The van der Waals surface area contributed by atoms with E-state index < -0.39 is 0 Å². The summed E-state index contributed by atoms with van der Waals surface area (Å²) < 4.78 is 0. The van der Waals surface area contributed by atoms with Gasteiger partial charge in [-0.05, 0) is 26.3 Å². The van der Waals surface area contributed by atoms with Gasteiger partial charge in [-0.1, -0.05) is 11.3 Å². The van der Waals surface area contributed by atoms with Crippen molar-refractivity contribution < 1.29 is 4.79 Å². The molecule has 0 spiro atoms. The van der Waals surface area contributed by atoms with Crippen LogP contribution in [0.3, 0.4) is 0 Å². The molecule has 0 aliphatic rings. The van der Waals surface area contributed by atoms with E-state index in [0.717, 1.165) is 12.8 Å². The Morgan fingerprint density at radius 1 is 1.53 bits per heavy atom. The average Bonchev–Trinajstić information content (AvgIpc) is 2.52. The number of hydrogen-bond acceptors (Lipinski definition) is 5. The summed E-state index contributed by atoms with van der Waals surface area (Å²) in [5.74, 6) is -0.0984. The normalized spacial score (nSPS) is 10.3. The highest BCUT2D eigenvalue weighted by atomic mass is 32.1. The molecular weight excluding hydrogens is 212 g/mol. The fraction of sp³-hybridized carbons (Fsp3) is 0.556. The van der Waals surface area contributed by atoms with Crippen molar-refractivity contribution in [2.75, 3.05) is 18.8 Å². The van der Waals surface area contributed by atoms with Gasteiger partial charge in [0.05, 0.1) is 5.69 Å². The number of unbranched alkanes of at least 4 members (excludes halogenated alkanes) is 1. The van der Waals surface area contributed by atoms with Crippen LogP contribution in [-0.4, -0.2) is 24.0 Å². The van der Waals surface area contributed by atoms with Gasteiger partial charge in [0.2, 0.25) is 0 Å². The van der Waals surface area contributed by atoms with Crippen LogP contribution in [0.2, 0.25) is 0 Å². The molecule has 15 heavy (non-hydrogen) atoms. The molecule has 1 heterocycles. The second-order valence-corrected chi connectivity index (χ2v) is 4.25. The minimum Gasteiger partial charge on any atom is -0.375 e. The van der Waals surface area contributed by atoms with Crippen molar-refractivity contribution in [3.05, 3.63) is 10.6 Å². The average molecular weight is 228 g/mol. The summed E-state index contributed by atoms with van der Waals surface area (Å²) in [4.78, 5) is 16.2. The molecule has 1 aromatic rings. The Morgan fingerprint density at radius 2 is 2.27 bits per heavy atom. The van der Waals surface area contributed by atoms with Gasteiger partial charge in [-0.3, -0.25) is 4.79 Å². The topological polar surface area (TPSA) is 94.0 Å². The summed E-state index contributed by atoms with van der Waals surface area (Å²) in [5.41, 5.74) is 11.5. The number of nitrogen functional groups attached to an aromatic ring is 1. The number of aryl methyl sites for hydroxylation is 1. The van der Waals surface area contributed by atoms with Gasteiger partial charge in [-0.2, -0.15) is 0 Å². The first-order valence-corrected chi connectivity index (χ1v) is 5.68. The van der Waals surface area contributed by atoms with Crippen LogP contribution >= 0.6 is 11.3 Å². The van der Waals surface area contributed by atoms with Crippen molar-refractivity contribution in [2.24, 2.45) is 5.73 Å². The van der Waals surface area contributed by atoms with Gasteiger partial charge in [0.15, 0.2) is 5.13 Å². The number of carbonyl (C=O) groups is 1. The Hall–Kier alpha value is -1.14. The summed E-state index contributed by atoms with van der Waals surface area (Å²) in [7, 11) is 0. The van der Waals surface area contributed by atoms with Crippen LogP contribution in [-0.2, 0) is 0 Å². The van der Waals surface area contributed by atoms with Crippen molar-refractivity contribution in [1.82, 2.24) is 10.3 Å². The maximum atomic E-state index is 11.6. The summed E-state index contributed by atoms with van der Waals surface area (Å²) in [6, 6.07) is 0. The molecular formula is C9H16N4OS. The van der Waals surface area contributed by atoms with Crippen molar-refractivity contribution in [3.63, 3.8) is 0 Å². The molecule has 1 rings (SSSR count). The van der Waals surface area contributed by atoms with Gasteiger partial charge in [-0.25, -0.2) is 4.98 Å². The van der Waals surface area contributed by atoms with Crippen LogP contribution < -0.4 is 16.8 Å². The van der Waals surface area contributed by atoms with Crippen LogP contribution in [0.25, 0.3) is 0 Å². The standard InChI is InChI=1S/C9H16N4OS/c1-6-7(15-9(11)13-6)8(14)12-5-3-2-4-10/h2-5,10H2,1H3,(H2,11,13)(H,12,14). The lowest BCUT2D eigenvalue weighted by atomic mass is 10.3. The lowest BCUT2D eigenvalue weighted by Crippen LogP contribution is -2.24. The Labute approximate surface area is 92.9 Å². The number of hydrogen-bond donors (Lipinski definition) is 3. The van der Waals surface area contributed by atoms with E-state index in [9.17, 15) is 4.79 Å². The molecule has 0 saturated heterocycles. The fourth-order valence-corrected chi connectivity index (χ4v) is 1.93. The van der Waals surface area contributed by atoms with Crippen LogP contribution in [0.15, 0.2) is 0 Å². The SMILES string of the molecule is Cc1nc(N)sc1C(=O)NCCCCN. The van der Waals surface area contributed by atoms with Gasteiger partial charge >= 0.3 is 0 Å². The van der Waals surface area contributed by atoms with Crippen LogP contribution in [0, 0.1) is 6.92 Å². The molecule has 0 bridgehead atoms. The van der Waals surface area contributed by atoms with Crippen molar-refractivity contribution in [3.8, 4) is 0 Å². The molecule has 0 unspecified atom stereocenters. The second kappa shape index (κ2) is 5.67. The first kappa shape index (κ1) is 11.9. The lowest BCUT2D eigenvalue weighted by Gasteiger charge is -2.02. The zero-order valence-corrected chi connectivity index (χ0v) is 9.56. The fourth-order valence-electron chi connectivity index (χ4n) is 1.18. The second-order valence-electron chi connectivity index (χ2n) is 3.22. The van der Waals surface area contributed by atoms with Gasteiger partial charge in [0.25, 0.3) is 5.91 Å². The molecule has 0 aliphatic heterocycles. The van der Waals surface area contributed by atoms with Crippen molar-refractivity contribution in [1.29, 1.82) is 0 Å². The first-order chi connectivity index (χ1) is 7.15. The number of anilines is 1. The number of nitrogens with one attached hydrogen (secondary N) is 1. The third kappa shape index (κ3) is 3.49. The number of aromatic nitrogens is 1. The molecule has 84 valence electrons. The third-order valence-electron chi connectivity index (χ3n) is 1.94. The molecule has 0 atom stereocenters. The summed E-state index contributed by atoms with van der Waals surface area (Å²) in [6.07, 6.45) is 1.82. The zero-order valence-electron chi connectivity index (χ0n) is 8.75. The smallest absolute Gasteiger partial charge is 0.263 e. The maximum Gasteiger partial charge on any atom is 0.263 e. The molecule has 0 radical (unpaired) electrons. The Morgan fingerprint density at radius 3 is 2.80 bits per heavy atom. The maximum absolute atomic E-state index is 11.6. The Balaban J connectivity index is 2.43. The van der Waals surface area contributed by atoms with Gasteiger partial charge in [-0.15, -0.1) is 0 Å². The highest BCUT2D eigenvalue weighted by molar-refractivity contribution is 7.17. The number of thiazole rings is 1. The molecule has 5 N–H and O–H groups in total. The van der Waals surface area contributed by atoms with Crippen molar-refractivity contribution in [2.45, 2.75) is 19.8 Å². The number of nitrogens with two attached hydrogens (primary N) is 2. The molecule has 1 aromatic heterocycles. The highest BCUT2D eigenvalue weighted by Crippen LogP contribution is 2.19. The van der Waals surface area contributed by atoms with Crippen LogP contribution in [0.1, 0.15) is 28.2 Å². The number of rotatable bonds is 5. The Kier molecular flexibility index (Phi) is 4.51. The van der Waals surface area contributed by atoms with E-state index in [0.29, 0.717) is 28.8 Å². The van der Waals surface area contributed by atoms with Crippen LogP contribution in [0.4, 0.5) is 5.13 Å². The monoisotopic (exact) mass is 228 g/mol. The lowest BCUT2D eigenvalue weighted by molar-refractivity contribution is 0.0956. The number of amides is 1. The van der Waals surface area contributed by atoms with Gasteiger partial charge < -0.3 is 16.8 Å².